The zero-order valence-corrected chi connectivity index (χ0v) is 8.44. The van der Waals surface area contributed by atoms with Crippen LogP contribution in [0, 0.1) is 0 Å². The van der Waals surface area contributed by atoms with E-state index in [1.165, 1.54) is 11.0 Å². The van der Waals surface area contributed by atoms with Crippen LogP contribution in [0.25, 0.3) is 0 Å². The molecule has 1 N–H and O–H groups in total. The molecule has 0 amide bonds. The lowest BCUT2D eigenvalue weighted by Crippen LogP contribution is -2.23. The van der Waals surface area contributed by atoms with Crippen LogP contribution in [0.2, 0.25) is 0 Å². The van der Waals surface area contributed by atoms with Crippen LogP contribution in [0.15, 0.2) is 24.3 Å². The van der Waals surface area contributed by atoms with Crippen LogP contribution in [0.4, 0.5) is 0 Å². The third-order valence-corrected chi connectivity index (χ3v) is 2.71. The maximum absolute atomic E-state index is 9.52. The van der Waals surface area contributed by atoms with Crippen LogP contribution < -0.4 is 5.46 Å². The third-order valence-electron chi connectivity index (χ3n) is 2.71. The lowest BCUT2D eigenvalue weighted by Gasteiger charge is -2.26. The Morgan fingerprint density at radius 3 is 2.64 bits per heavy atom. The zero-order chi connectivity index (χ0) is 9.97. The second kappa shape index (κ2) is 4.15. The van der Waals surface area contributed by atoms with E-state index in [2.05, 4.69) is 32.1 Å². The number of ether oxygens (including phenoxy) is 1. The Morgan fingerprint density at radius 1 is 1.29 bits per heavy atom. The highest BCUT2D eigenvalue weighted by atomic mass is 16.5. The highest BCUT2D eigenvalue weighted by molar-refractivity contribution is 6.32. The maximum atomic E-state index is 9.52. The van der Waals surface area contributed by atoms with Crippen LogP contribution >= 0.6 is 0 Å². The summed E-state index contributed by atoms with van der Waals surface area (Å²) in [7, 11) is 2.07. The highest BCUT2D eigenvalue weighted by Gasteiger charge is 2.21. The van der Waals surface area contributed by atoms with Crippen LogP contribution in [0.3, 0.4) is 0 Å². The molecule has 1 heterocycles. The van der Waals surface area contributed by atoms with Gasteiger partial charge in [0, 0.05) is 13.0 Å². The second-order valence-electron chi connectivity index (χ2n) is 3.95. The number of benzene rings is 1. The molecule has 0 spiro atoms. The molecule has 2 rings (SSSR count). The van der Waals surface area contributed by atoms with E-state index < -0.39 is 0 Å². The van der Waals surface area contributed by atoms with E-state index in [1.807, 2.05) is 0 Å². The second-order valence-corrected chi connectivity index (χ2v) is 3.95. The number of hydrogen-bond donors (Lipinski definition) is 1. The minimum Gasteiger partial charge on any atom is -0.393 e. The molecule has 3 heteroatoms. The van der Waals surface area contributed by atoms with Gasteiger partial charge in [-0.1, -0.05) is 29.7 Å². The summed E-state index contributed by atoms with van der Waals surface area (Å²) >= 11 is 0. The molecular weight excluding hydrogens is 175 g/mol. The van der Waals surface area contributed by atoms with E-state index >= 15 is 0 Å². The molecule has 74 valence electrons. The maximum Gasteiger partial charge on any atom is 0.139 e. The fraction of sp³-hybridized carbons (Fsp3) is 0.455. The third kappa shape index (κ3) is 2.17. The van der Waals surface area contributed by atoms with Crippen LogP contribution in [-0.4, -0.2) is 25.7 Å². The molecule has 0 saturated carbocycles. The fourth-order valence-electron chi connectivity index (χ4n) is 1.79. The van der Waals surface area contributed by atoms with Gasteiger partial charge in [-0.3, -0.25) is 0 Å². The molecule has 0 radical (unpaired) electrons. The van der Waals surface area contributed by atoms with Crippen molar-refractivity contribution in [2.75, 3.05) is 6.61 Å². The van der Waals surface area contributed by atoms with Crippen molar-refractivity contribution < 1.29 is 9.84 Å². The quantitative estimate of drug-likeness (QED) is 0.639. The Labute approximate surface area is 85.3 Å². The van der Waals surface area contributed by atoms with Gasteiger partial charge in [0.1, 0.15) is 7.85 Å². The topological polar surface area (TPSA) is 29.5 Å². The van der Waals surface area contributed by atoms with Gasteiger partial charge in [0.05, 0.1) is 12.2 Å². The predicted molar refractivity (Wildman–Crippen MR) is 58.6 cm³/mol. The minimum absolute atomic E-state index is 0.0827. The van der Waals surface area contributed by atoms with Gasteiger partial charge in [-0.05, 0) is 12.0 Å². The Hall–Kier alpha value is -0.795. The largest absolute Gasteiger partial charge is 0.393 e. The molecule has 1 aliphatic heterocycles. The van der Waals surface area contributed by atoms with Crippen molar-refractivity contribution >= 4 is 13.3 Å². The van der Waals surface area contributed by atoms with Crippen molar-refractivity contribution in [3.8, 4) is 0 Å². The normalized spacial score (nSPS) is 27.5. The smallest absolute Gasteiger partial charge is 0.139 e. The molecule has 1 aromatic carbocycles. The van der Waals surface area contributed by atoms with Crippen molar-refractivity contribution in [2.24, 2.45) is 0 Å². The van der Waals surface area contributed by atoms with Crippen molar-refractivity contribution in [1.82, 2.24) is 0 Å². The molecule has 1 aromatic rings. The van der Waals surface area contributed by atoms with E-state index in [1.54, 1.807) is 0 Å². The van der Waals surface area contributed by atoms with Crippen molar-refractivity contribution in [2.45, 2.75) is 25.0 Å². The average Bonchev–Trinajstić information content (AvgIpc) is 2.19. The lowest BCUT2D eigenvalue weighted by molar-refractivity contribution is -0.0447. The lowest BCUT2D eigenvalue weighted by atomic mass is 9.92. The molecule has 2 nitrogen and oxygen atoms in total. The van der Waals surface area contributed by atoms with Crippen LogP contribution in [-0.2, 0) is 4.74 Å². The summed E-state index contributed by atoms with van der Waals surface area (Å²) in [5.41, 5.74) is 2.43. The summed E-state index contributed by atoms with van der Waals surface area (Å²) in [5.74, 6) is 0. The number of hydrogen-bond acceptors (Lipinski definition) is 2. The Balaban J connectivity index is 2.10. The van der Waals surface area contributed by atoms with Gasteiger partial charge in [0.2, 0.25) is 0 Å². The fourth-order valence-corrected chi connectivity index (χ4v) is 1.79. The molecule has 1 aliphatic rings. The van der Waals surface area contributed by atoms with E-state index in [0.717, 1.165) is 12.8 Å². The molecule has 0 aromatic heterocycles. The van der Waals surface area contributed by atoms with E-state index in [0.29, 0.717) is 6.61 Å². The molecule has 2 unspecified atom stereocenters. The first-order chi connectivity index (χ1) is 6.75. The zero-order valence-electron chi connectivity index (χ0n) is 8.44. The first-order valence-electron chi connectivity index (χ1n) is 5.12. The molecule has 0 bridgehead atoms. The Kier molecular flexibility index (Phi) is 2.89. The summed E-state index contributed by atoms with van der Waals surface area (Å²) < 4.78 is 5.61. The van der Waals surface area contributed by atoms with Crippen molar-refractivity contribution in [3.63, 3.8) is 0 Å². The predicted octanol–water partition coefficient (Wildman–Crippen LogP) is 0.157. The van der Waals surface area contributed by atoms with Gasteiger partial charge < -0.3 is 9.84 Å². The van der Waals surface area contributed by atoms with E-state index in [-0.39, 0.29) is 12.2 Å². The van der Waals surface area contributed by atoms with Gasteiger partial charge in [-0.25, -0.2) is 0 Å². The summed E-state index contributed by atoms with van der Waals surface area (Å²) in [4.78, 5) is 0. The summed E-state index contributed by atoms with van der Waals surface area (Å²) in [5, 5.41) is 9.52. The minimum atomic E-state index is -0.199. The van der Waals surface area contributed by atoms with Gasteiger partial charge in [-0.15, -0.1) is 0 Å². The first kappa shape index (κ1) is 9.75. The van der Waals surface area contributed by atoms with Crippen LogP contribution in [0.1, 0.15) is 24.5 Å². The summed E-state index contributed by atoms with van der Waals surface area (Å²) in [6.07, 6.45) is 1.38. The molecule has 0 aliphatic carbocycles. The van der Waals surface area contributed by atoms with Crippen molar-refractivity contribution in [1.29, 1.82) is 0 Å². The monoisotopic (exact) mass is 190 g/mol. The van der Waals surface area contributed by atoms with Gasteiger partial charge in [0.15, 0.2) is 0 Å². The van der Waals surface area contributed by atoms with Crippen molar-refractivity contribution in [3.05, 3.63) is 29.8 Å². The van der Waals surface area contributed by atoms with Crippen LogP contribution in [0.5, 0.6) is 0 Å². The Bertz CT molecular complexity index is 297. The average molecular weight is 190 g/mol. The molecule has 2 atom stereocenters. The van der Waals surface area contributed by atoms with Gasteiger partial charge >= 0.3 is 0 Å². The van der Waals surface area contributed by atoms with Gasteiger partial charge in [-0.2, -0.15) is 0 Å². The van der Waals surface area contributed by atoms with Gasteiger partial charge in [0.25, 0.3) is 0 Å². The van der Waals surface area contributed by atoms with E-state index in [9.17, 15) is 5.11 Å². The molecule has 1 saturated heterocycles. The standard InChI is InChI=1S/C11H15BO2/c12-9-3-1-8(2-4-9)11-7-10(13)5-6-14-11/h1-4,10-11,13H,5-7,12H2. The summed E-state index contributed by atoms with van der Waals surface area (Å²) in [6, 6.07) is 8.33. The number of aliphatic hydroxyl groups is 1. The number of aliphatic hydroxyl groups excluding tert-OH is 1. The first-order valence-corrected chi connectivity index (χ1v) is 5.12. The Morgan fingerprint density at radius 2 is 2.00 bits per heavy atom. The molecule has 1 fully saturated rings. The SMILES string of the molecule is Bc1ccc(C2CC(O)CCO2)cc1. The summed E-state index contributed by atoms with van der Waals surface area (Å²) in [6.45, 7) is 0.666. The highest BCUT2D eigenvalue weighted by Crippen LogP contribution is 2.27. The molecule has 14 heavy (non-hydrogen) atoms. The van der Waals surface area contributed by atoms with E-state index in [4.69, 9.17) is 4.74 Å². The molecular formula is C11H15BO2. The number of rotatable bonds is 1.